The van der Waals surface area contributed by atoms with Crippen molar-refractivity contribution in [3.63, 3.8) is 0 Å². The zero-order valence-electron chi connectivity index (χ0n) is 13.6. The molecule has 3 rings (SSSR count). The van der Waals surface area contributed by atoms with Crippen molar-refractivity contribution < 1.29 is 18.4 Å². The molecule has 0 atom stereocenters. The minimum atomic E-state index is -0.540. The van der Waals surface area contributed by atoms with Gasteiger partial charge in [-0.2, -0.15) is 0 Å². The molecule has 25 heavy (non-hydrogen) atoms. The molecule has 0 saturated carbocycles. The van der Waals surface area contributed by atoms with Gasteiger partial charge in [0.1, 0.15) is 11.6 Å². The topological polar surface area (TPSA) is 40.6 Å². The van der Waals surface area contributed by atoms with Crippen LogP contribution in [0.1, 0.15) is 15.9 Å². The Kier molecular flexibility index (Phi) is 5.07. The first-order chi connectivity index (χ1) is 12.0. The van der Waals surface area contributed by atoms with Crippen molar-refractivity contribution in [3.8, 4) is 0 Å². The van der Waals surface area contributed by atoms with Gasteiger partial charge < -0.3 is 9.80 Å². The Balaban J connectivity index is 1.56. The predicted molar refractivity (Wildman–Crippen MR) is 89.0 cm³/mol. The fourth-order valence-corrected chi connectivity index (χ4v) is 2.85. The van der Waals surface area contributed by atoms with E-state index in [1.165, 1.54) is 30.3 Å². The minimum Gasteiger partial charge on any atom is -0.339 e. The lowest BCUT2D eigenvalue weighted by molar-refractivity contribution is -0.131. The second kappa shape index (κ2) is 7.42. The van der Waals surface area contributed by atoms with Gasteiger partial charge in [0.05, 0.1) is 12.0 Å². The molecule has 0 aliphatic carbocycles. The molecule has 1 aliphatic heterocycles. The minimum absolute atomic E-state index is 0.0496. The number of nitrogens with zero attached hydrogens (tertiary/aromatic N) is 2. The molecule has 0 spiro atoms. The van der Waals surface area contributed by atoms with Gasteiger partial charge in [0.15, 0.2) is 0 Å². The van der Waals surface area contributed by atoms with Gasteiger partial charge >= 0.3 is 0 Å². The second-order valence-electron chi connectivity index (χ2n) is 5.96. The van der Waals surface area contributed by atoms with Crippen LogP contribution in [0.3, 0.4) is 0 Å². The zero-order chi connectivity index (χ0) is 17.8. The molecule has 1 fully saturated rings. The van der Waals surface area contributed by atoms with E-state index in [-0.39, 0.29) is 29.6 Å². The summed E-state index contributed by atoms with van der Waals surface area (Å²) >= 11 is 0. The third-order valence-electron chi connectivity index (χ3n) is 4.29. The van der Waals surface area contributed by atoms with Crippen molar-refractivity contribution in [2.75, 3.05) is 26.2 Å². The van der Waals surface area contributed by atoms with Gasteiger partial charge in [-0.05, 0) is 29.8 Å². The first-order valence-corrected chi connectivity index (χ1v) is 8.10. The molecule has 1 heterocycles. The third-order valence-corrected chi connectivity index (χ3v) is 4.29. The maximum Gasteiger partial charge on any atom is 0.256 e. The number of piperazine rings is 1. The number of hydrogen-bond acceptors (Lipinski definition) is 2. The molecule has 0 bridgehead atoms. The number of benzene rings is 2. The van der Waals surface area contributed by atoms with Gasteiger partial charge in [-0.1, -0.05) is 24.3 Å². The van der Waals surface area contributed by atoms with E-state index < -0.39 is 5.82 Å². The average Bonchev–Trinajstić information content (AvgIpc) is 2.63. The van der Waals surface area contributed by atoms with E-state index in [2.05, 4.69) is 0 Å². The van der Waals surface area contributed by atoms with E-state index in [1.54, 1.807) is 28.0 Å². The number of rotatable bonds is 3. The number of carbonyl (C=O) groups is 2. The van der Waals surface area contributed by atoms with Gasteiger partial charge in [-0.3, -0.25) is 9.59 Å². The van der Waals surface area contributed by atoms with Crippen LogP contribution in [0, 0.1) is 11.6 Å². The molecular weight excluding hydrogens is 326 g/mol. The summed E-state index contributed by atoms with van der Waals surface area (Å²) in [6.45, 7) is 1.53. The van der Waals surface area contributed by atoms with Gasteiger partial charge in [0.25, 0.3) is 5.91 Å². The highest BCUT2D eigenvalue weighted by atomic mass is 19.1. The van der Waals surface area contributed by atoms with Crippen LogP contribution in [0.15, 0.2) is 48.5 Å². The van der Waals surface area contributed by atoms with Crippen molar-refractivity contribution in [2.45, 2.75) is 6.42 Å². The Bertz CT molecular complexity index is 769. The van der Waals surface area contributed by atoms with Gasteiger partial charge in [0.2, 0.25) is 5.91 Å². The lowest BCUT2D eigenvalue weighted by Gasteiger charge is -2.35. The standard InChI is InChI=1S/C19H18F2N2O2/c20-15-7-5-14(6-8-15)13-18(24)22-9-11-23(12-10-22)19(25)16-3-1-2-4-17(16)21/h1-8H,9-13H2. The lowest BCUT2D eigenvalue weighted by atomic mass is 10.1. The molecule has 4 nitrogen and oxygen atoms in total. The summed E-state index contributed by atoms with van der Waals surface area (Å²) < 4.78 is 26.6. The van der Waals surface area contributed by atoms with Crippen LogP contribution in [0.4, 0.5) is 8.78 Å². The fourth-order valence-electron chi connectivity index (χ4n) is 2.85. The highest BCUT2D eigenvalue weighted by Gasteiger charge is 2.26. The molecule has 1 saturated heterocycles. The van der Waals surface area contributed by atoms with Gasteiger partial charge in [-0.15, -0.1) is 0 Å². The molecular formula is C19H18F2N2O2. The predicted octanol–water partition coefficient (Wildman–Crippen LogP) is 2.49. The highest BCUT2D eigenvalue weighted by molar-refractivity contribution is 5.94. The zero-order valence-corrected chi connectivity index (χ0v) is 13.6. The summed E-state index contributed by atoms with van der Waals surface area (Å²) in [6.07, 6.45) is 0.196. The Morgan fingerprint density at radius 3 is 2.08 bits per heavy atom. The third kappa shape index (κ3) is 4.02. The number of carbonyl (C=O) groups excluding carboxylic acids is 2. The molecule has 2 aromatic rings. The average molecular weight is 344 g/mol. The van der Waals surface area contributed by atoms with Crippen LogP contribution in [-0.2, 0) is 11.2 Å². The molecule has 6 heteroatoms. The van der Waals surface area contributed by atoms with Crippen LogP contribution in [0.25, 0.3) is 0 Å². The Morgan fingerprint density at radius 1 is 0.840 bits per heavy atom. The molecule has 0 aromatic heterocycles. The Morgan fingerprint density at radius 2 is 1.44 bits per heavy atom. The van der Waals surface area contributed by atoms with Crippen LogP contribution >= 0.6 is 0 Å². The summed E-state index contributed by atoms with van der Waals surface area (Å²) in [6, 6.07) is 11.7. The normalized spacial score (nSPS) is 14.5. The van der Waals surface area contributed by atoms with Crippen molar-refractivity contribution in [1.29, 1.82) is 0 Å². The molecule has 0 radical (unpaired) electrons. The Hall–Kier alpha value is -2.76. The van der Waals surface area contributed by atoms with Crippen LogP contribution < -0.4 is 0 Å². The molecule has 130 valence electrons. The highest BCUT2D eigenvalue weighted by Crippen LogP contribution is 2.13. The van der Waals surface area contributed by atoms with Crippen LogP contribution in [0.5, 0.6) is 0 Å². The molecule has 0 N–H and O–H groups in total. The van der Waals surface area contributed by atoms with Crippen LogP contribution in [0.2, 0.25) is 0 Å². The largest absolute Gasteiger partial charge is 0.339 e. The summed E-state index contributed by atoms with van der Waals surface area (Å²) in [5, 5.41) is 0. The monoisotopic (exact) mass is 344 g/mol. The number of amides is 2. The first kappa shape index (κ1) is 17.1. The lowest BCUT2D eigenvalue weighted by Crippen LogP contribution is -2.51. The fraction of sp³-hybridized carbons (Fsp3) is 0.263. The van der Waals surface area contributed by atoms with Crippen molar-refractivity contribution in [3.05, 3.63) is 71.3 Å². The number of halogens is 2. The van der Waals surface area contributed by atoms with E-state index in [0.29, 0.717) is 26.2 Å². The smallest absolute Gasteiger partial charge is 0.256 e. The number of hydrogen-bond donors (Lipinski definition) is 0. The molecule has 2 aromatic carbocycles. The molecule has 2 amide bonds. The van der Waals surface area contributed by atoms with Crippen LogP contribution in [-0.4, -0.2) is 47.8 Å². The Labute approximate surface area is 144 Å². The van der Waals surface area contributed by atoms with Gasteiger partial charge in [-0.25, -0.2) is 8.78 Å². The quantitative estimate of drug-likeness (QED) is 0.858. The van der Waals surface area contributed by atoms with E-state index in [1.807, 2.05) is 0 Å². The van der Waals surface area contributed by atoms with E-state index >= 15 is 0 Å². The molecule has 0 unspecified atom stereocenters. The summed E-state index contributed by atoms with van der Waals surface area (Å²) in [7, 11) is 0. The van der Waals surface area contributed by atoms with Gasteiger partial charge in [0, 0.05) is 26.2 Å². The summed E-state index contributed by atoms with van der Waals surface area (Å²) in [5.74, 6) is -1.30. The SMILES string of the molecule is O=C(Cc1ccc(F)cc1)N1CCN(C(=O)c2ccccc2F)CC1. The van der Waals surface area contributed by atoms with E-state index in [4.69, 9.17) is 0 Å². The van der Waals surface area contributed by atoms with Crippen molar-refractivity contribution in [2.24, 2.45) is 0 Å². The maximum atomic E-state index is 13.7. The van der Waals surface area contributed by atoms with E-state index in [0.717, 1.165) is 5.56 Å². The van der Waals surface area contributed by atoms with Crippen molar-refractivity contribution in [1.82, 2.24) is 9.80 Å². The maximum absolute atomic E-state index is 13.7. The second-order valence-corrected chi connectivity index (χ2v) is 5.96. The summed E-state index contributed by atoms with van der Waals surface area (Å²) in [5.41, 5.74) is 0.796. The van der Waals surface area contributed by atoms with Crippen molar-refractivity contribution >= 4 is 11.8 Å². The first-order valence-electron chi connectivity index (χ1n) is 8.10. The van der Waals surface area contributed by atoms with E-state index in [9.17, 15) is 18.4 Å². The summed E-state index contributed by atoms with van der Waals surface area (Å²) in [4.78, 5) is 27.9. The molecule has 1 aliphatic rings.